The molecule has 1 aliphatic rings. The van der Waals surface area contributed by atoms with E-state index in [0.717, 1.165) is 6.07 Å². The molecule has 0 atom stereocenters. The van der Waals surface area contributed by atoms with Crippen LogP contribution < -0.4 is 10.9 Å². The standard InChI is InChI=1S/C21H11Cl2FN4O/c22-11-3-1-10(2-4-11)17-13(9-25)20(26)28-6-5-27-16-8-14(23)15(24)7-12(16)19(29)18(17)21(27)28/h1-4,7-8,26H,5-6H2. The van der Waals surface area contributed by atoms with Crippen LogP contribution in [0.5, 0.6) is 0 Å². The number of halogens is 3. The third-order valence-electron chi connectivity index (χ3n) is 5.33. The molecule has 8 heteroatoms. The van der Waals surface area contributed by atoms with Crippen LogP contribution in [0.25, 0.3) is 33.1 Å². The Bertz CT molecular complexity index is 1530. The first kappa shape index (κ1) is 17.9. The highest BCUT2D eigenvalue weighted by Crippen LogP contribution is 2.34. The Morgan fingerprint density at radius 2 is 1.79 bits per heavy atom. The lowest BCUT2D eigenvalue weighted by Gasteiger charge is -2.15. The van der Waals surface area contributed by atoms with Crippen LogP contribution in [0.15, 0.2) is 41.2 Å². The van der Waals surface area contributed by atoms with Gasteiger partial charge in [0.1, 0.15) is 28.6 Å². The van der Waals surface area contributed by atoms with Gasteiger partial charge in [0.25, 0.3) is 0 Å². The molecule has 0 saturated heterocycles. The average Bonchev–Trinajstić information content (AvgIpc) is 3.15. The molecule has 1 N–H and O–H groups in total. The maximum Gasteiger partial charge on any atom is 0.199 e. The van der Waals surface area contributed by atoms with Gasteiger partial charge in [0.2, 0.25) is 0 Å². The summed E-state index contributed by atoms with van der Waals surface area (Å²) in [5.41, 5.74) is 1.71. The van der Waals surface area contributed by atoms with Gasteiger partial charge in [-0.15, -0.1) is 0 Å². The molecule has 2 aromatic carbocycles. The first-order valence-electron chi connectivity index (χ1n) is 8.75. The number of benzene rings is 2. The van der Waals surface area contributed by atoms with E-state index < -0.39 is 11.2 Å². The lowest BCUT2D eigenvalue weighted by atomic mass is 9.96. The van der Waals surface area contributed by atoms with Crippen molar-refractivity contribution in [1.82, 2.24) is 9.13 Å². The summed E-state index contributed by atoms with van der Waals surface area (Å²) >= 11 is 12.0. The third-order valence-corrected chi connectivity index (χ3v) is 5.88. The van der Waals surface area contributed by atoms with Gasteiger partial charge >= 0.3 is 0 Å². The summed E-state index contributed by atoms with van der Waals surface area (Å²) in [4.78, 5) is 13.5. The molecule has 4 aromatic rings. The van der Waals surface area contributed by atoms with Gasteiger partial charge in [-0.2, -0.15) is 5.26 Å². The highest BCUT2D eigenvalue weighted by Gasteiger charge is 2.26. The molecule has 3 heterocycles. The molecule has 0 amide bonds. The number of nitrogens with zero attached hydrogens (tertiary/aromatic N) is 3. The normalized spacial score (nSPS) is 12.6. The molecule has 5 nitrogen and oxygen atoms in total. The molecule has 0 radical (unpaired) electrons. The van der Waals surface area contributed by atoms with E-state index in [2.05, 4.69) is 6.07 Å². The zero-order valence-corrected chi connectivity index (χ0v) is 16.3. The molecule has 2 aromatic heterocycles. The molecular weight excluding hydrogens is 414 g/mol. The molecule has 0 fully saturated rings. The van der Waals surface area contributed by atoms with Crippen molar-refractivity contribution in [1.29, 1.82) is 10.7 Å². The summed E-state index contributed by atoms with van der Waals surface area (Å²) in [7, 11) is 0. The molecule has 142 valence electrons. The minimum Gasteiger partial charge on any atom is -0.325 e. The fourth-order valence-corrected chi connectivity index (χ4v) is 4.36. The fourth-order valence-electron chi connectivity index (χ4n) is 4.08. The minimum atomic E-state index is -0.681. The number of nitrogens with one attached hydrogen (secondary N) is 1. The minimum absolute atomic E-state index is 0.0307. The van der Waals surface area contributed by atoms with Crippen LogP contribution in [0.4, 0.5) is 4.39 Å². The predicted octanol–water partition coefficient (Wildman–Crippen LogP) is 4.43. The maximum absolute atomic E-state index is 14.2. The van der Waals surface area contributed by atoms with E-state index in [1.807, 2.05) is 4.57 Å². The quantitative estimate of drug-likeness (QED) is 0.458. The number of aryl methyl sites for hydroxylation is 2. The van der Waals surface area contributed by atoms with Crippen LogP contribution >= 0.6 is 23.2 Å². The number of hydrogen-bond donors (Lipinski definition) is 1. The first-order chi connectivity index (χ1) is 13.9. The van der Waals surface area contributed by atoms with E-state index in [-0.39, 0.29) is 26.8 Å². The summed E-state index contributed by atoms with van der Waals surface area (Å²) in [5, 5.41) is 19.3. The van der Waals surface area contributed by atoms with Crippen molar-refractivity contribution in [2.75, 3.05) is 0 Å². The number of rotatable bonds is 1. The van der Waals surface area contributed by atoms with E-state index in [4.69, 9.17) is 28.6 Å². The fraction of sp³-hybridized carbons (Fsp3) is 0.0952. The molecule has 0 unspecified atom stereocenters. The van der Waals surface area contributed by atoms with Gasteiger partial charge < -0.3 is 9.13 Å². The van der Waals surface area contributed by atoms with Crippen LogP contribution in [0.1, 0.15) is 5.56 Å². The average molecular weight is 425 g/mol. The smallest absolute Gasteiger partial charge is 0.199 e. The second-order valence-corrected chi connectivity index (χ2v) is 7.68. The predicted molar refractivity (Wildman–Crippen MR) is 110 cm³/mol. The van der Waals surface area contributed by atoms with Crippen molar-refractivity contribution in [2.24, 2.45) is 0 Å². The van der Waals surface area contributed by atoms with Crippen molar-refractivity contribution in [2.45, 2.75) is 13.1 Å². The van der Waals surface area contributed by atoms with E-state index in [1.165, 1.54) is 6.07 Å². The van der Waals surface area contributed by atoms with Crippen molar-refractivity contribution in [3.63, 3.8) is 0 Å². The number of nitriles is 1. The Balaban J connectivity index is 2.11. The molecular formula is C21H11Cl2FN4O. The number of hydrogen-bond acceptors (Lipinski definition) is 3. The van der Waals surface area contributed by atoms with Gasteiger partial charge in [-0.1, -0.05) is 35.3 Å². The molecule has 29 heavy (non-hydrogen) atoms. The Kier molecular flexibility index (Phi) is 3.82. The Labute approximate surface area is 173 Å². The largest absolute Gasteiger partial charge is 0.325 e. The van der Waals surface area contributed by atoms with E-state index >= 15 is 0 Å². The van der Waals surface area contributed by atoms with E-state index in [1.54, 1.807) is 28.8 Å². The third kappa shape index (κ3) is 2.38. The van der Waals surface area contributed by atoms with E-state index in [0.29, 0.717) is 40.4 Å². The van der Waals surface area contributed by atoms with Crippen molar-refractivity contribution >= 4 is 45.1 Å². The van der Waals surface area contributed by atoms with Crippen molar-refractivity contribution in [3.05, 3.63) is 73.5 Å². The van der Waals surface area contributed by atoms with Crippen LogP contribution in [0.2, 0.25) is 10.0 Å². The van der Waals surface area contributed by atoms with Crippen LogP contribution in [-0.2, 0) is 13.1 Å². The van der Waals surface area contributed by atoms with Gasteiger partial charge in [-0.25, -0.2) is 4.39 Å². The zero-order valence-electron chi connectivity index (χ0n) is 14.8. The molecule has 5 rings (SSSR count). The summed E-state index contributed by atoms with van der Waals surface area (Å²) < 4.78 is 17.7. The lowest BCUT2D eigenvalue weighted by molar-refractivity contribution is 0.629. The first-order valence-corrected chi connectivity index (χ1v) is 9.50. The van der Waals surface area contributed by atoms with Gasteiger partial charge in [-0.3, -0.25) is 10.2 Å². The Hall–Kier alpha value is -3.14. The summed E-state index contributed by atoms with van der Waals surface area (Å²) in [6.45, 7) is 0.911. The van der Waals surface area contributed by atoms with Crippen molar-refractivity contribution < 1.29 is 4.39 Å². The number of fused-ring (bicyclic) bond motifs is 2. The van der Waals surface area contributed by atoms with Crippen LogP contribution in [0.3, 0.4) is 0 Å². The Morgan fingerprint density at radius 1 is 1.10 bits per heavy atom. The van der Waals surface area contributed by atoms with Crippen LogP contribution in [-0.4, -0.2) is 9.13 Å². The highest BCUT2D eigenvalue weighted by atomic mass is 35.5. The molecule has 0 aliphatic carbocycles. The summed E-state index contributed by atoms with van der Waals surface area (Å²) in [6.07, 6.45) is 0. The highest BCUT2D eigenvalue weighted by molar-refractivity contribution is 6.31. The second-order valence-electron chi connectivity index (χ2n) is 6.83. The van der Waals surface area contributed by atoms with E-state index in [9.17, 15) is 14.4 Å². The molecule has 0 bridgehead atoms. The number of pyridine rings is 2. The Morgan fingerprint density at radius 3 is 2.48 bits per heavy atom. The molecule has 1 aliphatic heterocycles. The maximum atomic E-state index is 14.2. The van der Waals surface area contributed by atoms with Crippen LogP contribution in [0, 0.1) is 22.6 Å². The zero-order chi connectivity index (χ0) is 20.4. The SMILES string of the molecule is N#Cc1c(-c2ccc(Cl)cc2)c2c(=O)c3cc(F)c(Cl)cc3n3c2n(c1=N)CC3. The number of aromatic nitrogens is 2. The monoisotopic (exact) mass is 424 g/mol. The van der Waals surface area contributed by atoms with Gasteiger partial charge in [0.05, 0.1) is 15.9 Å². The van der Waals surface area contributed by atoms with Gasteiger partial charge in [0, 0.05) is 29.1 Å². The molecule has 0 spiro atoms. The topological polar surface area (TPSA) is 74.6 Å². The molecule has 0 saturated carbocycles. The summed E-state index contributed by atoms with van der Waals surface area (Å²) in [5.74, 6) is -0.681. The van der Waals surface area contributed by atoms with Gasteiger partial charge in [-0.05, 0) is 29.8 Å². The van der Waals surface area contributed by atoms with Crippen molar-refractivity contribution in [3.8, 4) is 17.2 Å². The second kappa shape index (κ2) is 6.18. The lowest BCUT2D eigenvalue weighted by Crippen LogP contribution is -2.24. The summed E-state index contributed by atoms with van der Waals surface area (Å²) in [6, 6.07) is 11.4. The van der Waals surface area contributed by atoms with Gasteiger partial charge in [0.15, 0.2) is 5.43 Å².